The monoisotopic (exact) mass is 118 g/mol. The zero-order valence-electron chi connectivity index (χ0n) is 4.33. The number of hydrogen-bond donors (Lipinski definition) is 1. The van der Waals surface area contributed by atoms with Gasteiger partial charge in [0.05, 0.1) is 0 Å². The van der Waals surface area contributed by atoms with E-state index in [1.54, 1.807) is 0 Å². The number of oxime groups is 1. The first kappa shape index (κ1) is 6.90. The molecule has 0 aromatic carbocycles. The smallest absolute Gasteiger partial charge is 0.309 e. The van der Waals surface area contributed by atoms with Crippen LogP contribution in [0.2, 0.25) is 0 Å². The Bertz CT molecular complexity index is 101. The molecule has 5 heteroatoms. The summed E-state index contributed by atoms with van der Waals surface area (Å²) < 4.78 is 4.15. The molecule has 0 saturated heterocycles. The van der Waals surface area contributed by atoms with Crippen LogP contribution in [0, 0.1) is 0 Å². The molecule has 46 valence electrons. The van der Waals surface area contributed by atoms with Gasteiger partial charge in [-0.15, -0.1) is 5.90 Å². The van der Waals surface area contributed by atoms with Crippen LogP contribution < -0.4 is 5.90 Å². The van der Waals surface area contributed by atoms with E-state index >= 15 is 0 Å². The van der Waals surface area contributed by atoms with Crippen LogP contribution in [0.5, 0.6) is 0 Å². The maximum Gasteiger partial charge on any atom is 0.309 e. The van der Waals surface area contributed by atoms with E-state index in [2.05, 4.69) is 20.7 Å². The summed E-state index contributed by atoms with van der Waals surface area (Å²) in [7, 11) is 0. The topological polar surface area (TPSA) is 73.9 Å². The zero-order valence-corrected chi connectivity index (χ0v) is 4.33. The molecular weight excluding hydrogens is 112 g/mol. The fourth-order valence-corrected chi connectivity index (χ4v) is 0.121. The predicted octanol–water partition coefficient (Wildman–Crippen LogP) is -0.617. The van der Waals surface area contributed by atoms with Gasteiger partial charge in [0.2, 0.25) is 6.40 Å². The third-order valence-corrected chi connectivity index (χ3v) is 0.323. The maximum absolute atomic E-state index is 9.91. The van der Waals surface area contributed by atoms with E-state index in [4.69, 9.17) is 0 Å². The molecule has 0 radical (unpaired) electrons. The highest BCUT2D eigenvalue weighted by Crippen LogP contribution is 1.68. The van der Waals surface area contributed by atoms with Gasteiger partial charge in [-0.05, 0) is 5.16 Å². The van der Waals surface area contributed by atoms with Gasteiger partial charge in [0.25, 0.3) is 0 Å². The summed E-state index contributed by atoms with van der Waals surface area (Å²) in [6, 6.07) is 0. The van der Waals surface area contributed by atoms with Gasteiger partial charge in [-0.25, -0.2) is 0 Å². The first-order valence-electron chi connectivity index (χ1n) is 1.82. The van der Waals surface area contributed by atoms with Gasteiger partial charge >= 0.3 is 5.97 Å². The molecule has 0 fully saturated rings. The van der Waals surface area contributed by atoms with E-state index in [1.807, 2.05) is 0 Å². The van der Waals surface area contributed by atoms with Gasteiger partial charge in [-0.3, -0.25) is 9.73 Å². The summed E-state index contributed by atoms with van der Waals surface area (Å²) in [5.41, 5.74) is 0. The number of ether oxygens (including phenoxy) is 1. The molecule has 5 nitrogen and oxygen atoms in total. The van der Waals surface area contributed by atoms with E-state index in [1.165, 1.54) is 6.92 Å². The molecule has 0 spiro atoms. The van der Waals surface area contributed by atoms with Crippen LogP contribution in [0.15, 0.2) is 5.16 Å². The van der Waals surface area contributed by atoms with E-state index in [-0.39, 0.29) is 0 Å². The molecule has 0 amide bonds. The van der Waals surface area contributed by atoms with Gasteiger partial charge in [0.1, 0.15) is 0 Å². The van der Waals surface area contributed by atoms with Gasteiger partial charge in [0.15, 0.2) is 0 Å². The summed E-state index contributed by atoms with van der Waals surface area (Å²) in [5.74, 6) is 3.96. The van der Waals surface area contributed by atoms with E-state index in [9.17, 15) is 4.79 Å². The molecule has 0 aromatic rings. The molecule has 0 rings (SSSR count). The number of esters is 1. The van der Waals surface area contributed by atoms with Crippen molar-refractivity contribution in [1.82, 2.24) is 0 Å². The number of rotatable bonds is 2. The SMILES string of the molecule is CC(=O)OC=NON. The Labute approximate surface area is 46.0 Å². The number of nitrogens with zero attached hydrogens (tertiary/aromatic N) is 1. The van der Waals surface area contributed by atoms with Crippen molar-refractivity contribution in [1.29, 1.82) is 0 Å². The van der Waals surface area contributed by atoms with Crippen LogP contribution in [-0.2, 0) is 14.5 Å². The van der Waals surface area contributed by atoms with Crippen LogP contribution >= 0.6 is 0 Å². The molecule has 2 N–H and O–H groups in total. The van der Waals surface area contributed by atoms with Gasteiger partial charge < -0.3 is 4.74 Å². The van der Waals surface area contributed by atoms with Crippen molar-refractivity contribution >= 4 is 12.4 Å². The van der Waals surface area contributed by atoms with E-state index in [0.717, 1.165) is 6.40 Å². The molecule has 0 aliphatic rings. The summed E-state index contributed by atoms with van der Waals surface area (Å²) in [6.45, 7) is 1.24. The molecule has 0 aliphatic heterocycles. The van der Waals surface area contributed by atoms with Crippen LogP contribution in [0.4, 0.5) is 0 Å². The minimum absolute atomic E-state index is 0.467. The Morgan fingerprint density at radius 3 is 2.88 bits per heavy atom. The lowest BCUT2D eigenvalue weighted by molar-refractivity contribution is -0.132. The third-order valence-electron chi connectivity index (χ3n) is 0.323. The van der Waals surface area contributed by atoms with Crippen LogP contribution in [0.1, 0.15) is 6.92 Å². The summed E-state index contributed by atoms with van der Waals surface area (Å²) in [6.07, 6.45) is 0.808. The molecule has 0 aromatic heterocycles. The first-order valence-corrected chi connectivity index (χ1v) is 1.82. The Morgan fingerprint density at radius 2 is 2.50 bits per heavy atom. The molecule has 0 unspecified atom stereocenters. The van der Waals surface area contributed by atoms with Crippen molar-refractivity contribution in [3.05, 3.63) is 0 Å². The average molecular weight is 118 g/mol. The Balaban J connectivity index is 3.16. The number of nitrogens with two attached hydrogens (primary N) is 1. The summed E-state index contributed by atoms with van der Waals surface area (Å²) >= 11 is 0. The highest BCUT2D eigenvalue weighted by atomic mass is 16.8. The predicted molar refractivity (Wildman–Crippen MR) is 25.5 cm³/mol. The zero-order chi connectivity index (χ0) is 6.41. The Hall–Kier alpha value is -1.10. The Morgan fingerprint density at radius 1 is 1.88 bits per heavy atom. The van der Waals surface area contributed by atoms with Crippen molar-refractivity contribution in [3.8, 4) is 0 Å². The standard InChI is InChI=1S/C3H6N2O3/c1-3(6)7-2-5-8-4/h2H,4H2,1H3. The summed E-state index contributed by atoms with van der Waals surface area (Å²) in [5, 5.41) is 2.92. The maximum atomic E-state index is 9.91. The summed E-state index contributed by atoms with van der Waals surface area (Å²) in [4.78, 5) is 13.6. The van der Waals surface area contributed by atoms with Crippen molar-refractivity contribution in [3.63, 3.8) is 0 Å². The number of hydrogen-bond acceptors (Lipinski definition) is 5. The average Bonchev–Trinajstić information content (AvgIpc) is 1.66. The highest BCUT2D eigenvalue weighted by Gasteiger charge is 1.83. The Kier molecular flexibility index (Phi) is 3.51. The minimum Gasteiger partial charge on any atom is -0.411 e. The van der Waals surface area contributed by atoms with Gasteiger partial charge in [0, 0.05) is 6.92 Å². The second-order valence-corrected chi connectivity index (χ2v) is 0.926. The minimum atomic E-state index is -0.467. The fraction of sp³-hybridized carbons (Fsp3) is 0.333. The number of carbonyl (C=O) groups excluding carboxylic acids is 1. The quantitative estimate of drug-likeness (QED) is 0.227. The molecule has 0 saturated carbocycles. The van der Waals surface area contributed by atoms with Crippen molar-refractivity contribution < 1.29 is 14.5 Å². The van der Waals surface area contributed by atoms with Crippen LogP contribution in [0.25, 0.3) is 0 Å². The number of carbonyl (C=O) groups is 1. The molecular formula is C3H6N2O3. The molecule has 0 aliphatic carbocycles. The molecule has 0 atom stereocenters. The largest absolute Gasteiger partial charge is 0.411 e. The van der Waals surface area contributed by atoms with Gasteiger partial charge in [-0.2, -0.15) is 0 Å². The first-order chi connectivity index (χ1) is 3.77. The van der Waals surface area contributed by atoms with Crippen LogP contribution in [0.3, 0.4) is 0 Å². The molecule has 0 heterocycles. The third kappa shape index (κ3) is 4.90. The van der Waals surface area contributed by atoms with Crippen molar-refractivity contribution in [2.24, 2.45) is 11.1 Å². The lowest BCUT2D eigenvalue weighted by Gasteiger charge is -1.85. The fourth-order valence-electron chi connectivity index (χ4n) is 0.121. The second-order valence-electron chi connectivity index (χ2n) is 0.926. The molecule has 0 bridgehead atoms. The lowest BCUT2D eigenvalue weighted by Crippen LogP contribution is -1.97. The van der Waals surface area contributed by atoms with Gasteiger partial charge in [-0.1, -0.05) is 0 Å². The van der Waals surface area contributed by atoms with E-state index in [0.29, 0.717) is 0 Å². The highest BCUT2D eigenvalue weighted by molar-refractivity contribution is 5.75. The normalized spacial score (nSPS) is 9.25. The second kappa shape index (κ2) is 4.07. The van der Waals surface area contributed by atoms with Crippen LogP contribution in [-0.4, -0.2) is 12.4 Å². The van der Waals surface area contributed by atoms with E-state index < -0.39 is 5.97 Å². The van der Waals surface area contributed by atoms with Crippen molar-refractivity contribution in [2.75, 3.05) is 0 Å². The lowest BCUT2D eigenvalue weighted by atomic mass is 10.8. The molecule has 8 heavy (non-hydrogen) atoms. The van der Waals surface area contributed by atoms with Crippen molar-refractivity contribution in [2.45, 2.75) is 6.92 Å².